The van der Waals surface area contributed by atoms with Crippen LogP contribution in [-0.2, 0) is 0 Å². The van der Waals surface area contributed by atoms with Gasteiger partial charge in [0.25, 0.3) is 0 Å². The highest BCUT2D eigenvalue weighted by Gasteiger charge is 2.46. The van der Waals surface area contributed by atoms with Crippen molar-refractivity contribution in [1.29, 1.82) is 0 Å². The van der Waals surface area contributed by atoms with Crippen LogP contribution in [0, 0.1) is 17.8 Å². The summed E-state index contributed by atoms with van der Waals surface area (Å²) >= 11 is 0. The molecule has 3 rings (SSSR count). The second kappa shape index (κ2) is 7.98. The number of hydrogen-bond acceptors (Lipinski definition) is 2. The van der Waals surface area contributed by atoms with Crippen LogP contribution in [-0.4, -0.2) is 35.2 Å². The molecule has 0 spiro atoms. The van der Waals surface area contributed by atoms with E-state index in [1.54, 1.807) is 5.57 Å². The van der Waals surface area contributed by atoms with Gasteiger partial charge in [0.2, 0.25) is 0 Å². The summed E-state index contributed by atoms with van der Waals surface area (Å²) < 4.78 is 0. The minimum absolute atomic E-state index is 0.173. The molecular weight excluding hydrogens is 282 g/mol. The number of hydrogen-bond donors (Lipinski definition) is 1. The molecule has 0 aromatic carbocycles. The Kier molecular flexibility index (Phi) is 5.98. The van der Waals surface area contributed by atoms with Crippen molar-refractivity contribution < 1.29 is 5.11 Å². The zero-order valence-electron chi connectivity index (χ0n) is 14.9. The average Bonchev–Trinajstić information content (AvgIpc) is 2.90. The molecule has 0 amide bonds. The summed E-state index contributed by atoms with van der Waals surface area (Å²) in [5, 5.41) is 10.9. The molecule has 2 nitrogen and oxygen atoms in total. The zero-order valence-corrected chi connectivity index (χ0v) is 14.9. The fourth-order valence-electron chi connectivity index (χ4n) is 5.38. The zero-order chi connectivity index (χ0) is 16.2. The van der Waals surface area contributed by atoms with Gasteiger partial charge in [-0.25, -0.2) is 0 Å². The second-order valence-corrected chi connectivity index (χ2v) is 8.05. The molecule has 0 unspecified atom stereocenters. The van der Waals surface area contributed by atoms with Crippen molar-refractivity contribution in [3.63, 3.8) is 0 Å². The first-order valence-electron chi connectivity index (χ1n) is 9.98. The quantitative estimate of drug-likeness (QED) is 0.550. The van der Waals surface area contributed by atoms with Crippen molar-refractivity contribution in [2.24, 2.45) is 17.8 Å². The summed E-state index contributed by atoms with van der Waals surface area (Å²) in [5.41, 5.74) is 1.73. The standard InChI is InChI=1S/C21H35NO/c1-3-5-6-11-20(23)21-19-14-17-10-8-7-9-16(17)13-18(19)15-22(21)12-4-2/h4,14,16,18-21,23H,2-3,5-13,15H2,1H3/t16-,18-,19-,20+,21-/m1/s1. The van der Waals surface area contributed by atoms with Gasteiger partial charge in [-0.15, -0.1) is 6.58 Å². The Hall–Kier alpha value is -0.600. The van der Waals surface area contributed by atoms with Crippen molar-refractivity contribution in [2.45, 2.75) is 76.9 Å². The van der Waals surface area contributed by atoms with Crippen LogP contribution in [0.1, 0.15) is 64.7 Å². The lowest BCUT2D eigenvalue weighted by atomic mass is 9.69. The molecule has 0 aromatic rings. The summed E-state index contributed by atoms with van der Waals surface area (Å²) in [7, 11) is 0. The second-order valence-electron chi connectivity index (χ2n) is 8.05. The smallest absolute Gasteiger partial charge is 0.0701 e. The maximum absolute atomic E-state index is 10.9. The van der Waals surface area contributed by atoms with E-state index in [1.165, 1.54) is 44.9 Å². The molecule has 23 heavy (non-hydrogen) atoms. The Balaban J connectivity index is 1.74. The van der Waals surface area contributed by atoms with Crippen molar-refractivity contribution >= 4 is 0 Å². The molecular formula is C21H35NO. The van der Waals surface area contributed by atoms with Gasteiger partial charge in [-0.2, -0.15) is 0 Å². The summed E-state index contributed by atoms with van der Waals surface area (Å²) in [5.74, 6) is 2.19. The molecule has 0 bridgehead atoms. The van der Waals surface area contributed by atoms with Gasteiger partial charge >= 0.3 is 0 Å². The van der Waals surface area contributed by atoms with Crippen LogP contribution in [0.2, 0.25) is 0 Å². The molecule has 1 heterocycles. The molecule has 1 saturated heterocycles. The molecule has 2 fully saturated rings. The average molecular weight is 318 g/mol. The minimum atomic E-state index is -0.173. The molecule has 1 N–H and O–H groups in total. The van der Waals surface area contributed by atoms with Crippen LogP contribution in [0.3, 0.4) is 0 Å². The van der Waals surface area contributed by atoms with E-state index in [9.17, 15) is 5.11 Å². The van der Waals surface area contributed by atoms with Gasteiger partial charge in [0, 0.05) is 19.1 Å². The molecule has 3 aliphatic rings. The first-order valence-corrected chi connectivity index (χ1v) is 9.98. The molecule has 0 radical (unpaired) electrons. The van der Waals surface area contributed by atoms with Crippen molar-refractivity contribution in [3.05, 3.63) is 24.3 Å². The van der Waals surface area contributed by atoms with Gasteiger partial charge in [-0.05, 0) is 49.9 Å². The van der Waals surface area contributed by atoms with Gasteiger partial charge < -0.3 is 5.11 Å². The molecule has 1 saturated carbocycles. The molecule has 2 aliphatic carbocycles. The van der Waals surface area contributed by atoms with Crippen LogP contribution < -0.4 is 0 Å². The summed E-state index contributed by atoms with van der Waals surface area (Å²) in [6.45, 7) is 8.26. The maximum atomic E-state index is 10.9. The predicted molar refractivity (Wildman–Crippen MR) is 97.3 cm³/mol. The van der Waals surface area contributed by atoms with Crippen LogP contribution in [0.15, 0.2) is 24.3 Å². The normalized spacial score (nSPS) is 35.3. The van der Waals surface area contributed by atoms with E-state index in [0.717, 1.165) is 37.8 Å². The van der Waals surface area contributed by atoms with Gasteiger partial charge in [-0.3, -0.25) is 4.90 Å². The van der Waals surface area contributed by atoms with E-state index < -0.39 is 0 Å². The number of aliphatic hydroxyl groups is 1. The molecule has 130 valence electrons. The SMILES string of the molecule is C=CCN1C[C@H]2C[C@H]3CCCCC3=C[C@H]2[C@@H]1[C@@H](O)CCCCC. The number of allylic oxidation sites excluding steroid dienone is 1. The molecule has 2 heteroatoms. The minimum Gasteiger partial charge on any atom is -0.391 e. The third-order valence-electron chi connectivity index (χ3n) is 6.48. The highest BCUT2D eigenvalue weighted by molar-refractivity contribution is 5.20. The number of unbranched alkanes of at least 4 members (excludes halogenated alkanes) is 2. The first kappa shape index (κ1) is 17.2. The van der Waals surface area contributed by atoms with E-state index in [1.807, 2.05) is 6.08 Å². The van der Waals surface area contributed by atoms with Crippen LogP contribution >= 0.6 is 0 Å². The van der Waals surface area contributed by atoms with Crippen LogP contribution in [0.5, 0.6) is 0 Å². The van der Waals surface area contributed by atoms with E-state index in [0.29, 0.717) is 12.0 Å². The Morgan fingerprint density at radius 3 is 3.04 bits per heavy atom. The van der Waals surface area contributed by atoms with Gasteiger partial charge in [-0.1, -0.05) is 50.3 Å². The Labute approximate surface area is 142 Å². The van der Waals surface area contributed by atoms with Crippen molar-refractivity contribution in [1.82, 2.24) is 4.90 Å². The number of likely N-dealkylation sites (tertiary alicyclic amines) is 1. The highest BCUT2D eigenvalue weighted by atomic mass is 16.3. The Morgan fingerprint density at radius 2 is 2.26 bits per heavy atom. The molecule has 0 aromatic heterocycles. The maximum Gasteiger partial charge on any atom is 0.0701 e. The lowest BCUT2D eigenvalue weighted by Crippen LogP contribution is -2.42. The lowest BCUT2D eigenvalue weighted by Gasteiger charge is -2.37. The number of nitrogens with zero attached hydrogens (tertiary/aromatic N) is 1. The Bertz CT molecular complexity index is 430. The largest absolute Gasteiger partial charge is 0.391 e. The monoisotopic (exact) mass is 317 g/mol. The summed E-state index contributed by atoms with van der Waals surface area (Å²) in [4.78, 5) is 2.52. The Morgan fingerprint density at radius 1 is 1.39 bits per heavy atom. The third kappa shape index (κ3) is 3.74. The van der Waals surface area contributed by atoms with E-state index in [2.05, 4.69) is 24.5 Å². The van der Waals surface area contributed by atoms with E-state index in [4.69, 9.17) is 0 Å². The van der Waals surface area contributed by atoms with Crippen LogP contribution in [0.4, 0.5) is 0 Å². The fourth-order valence-corrected chi connectivity index (χ4v) is 5.38. The van der Waals surface area contributed by atoms with Crippen molar-refractivity contribution in [3.8, 4) is 0 Å². The fraction of sp³-hybridized carbons (Fsp3) is 0.810. The van der Waals surface area contributed by atoms with Gasteiger partial charge in [0.1, 0.15) is 0 Å². The van der Waals surface area contributed by atoms with Crippen LogP contribution in [0.25, 0.3) is 0 Å². The number of fused-ring (bicyclic) bond motifs is 2. The highest BCUT2D eigenvalue weighted by Crippen LogP contribution is 2.47. The lowest BCUT2D eigenvalue weighted by molar-refractivity contribution is 0.0564. The first-order chi connectivity index (χ1) is 11.2. The van der Waals surface area contributed by atoms with Gasteiger partial charge in [0.15, 0.2) is 0 Å². The van der Waals surface area contributed by atoms with E-state index in [-0.39, 0.29) is 6.10 Å². The number of rotatable bonds is 7. The predicted octanol–water partition coefficient (Wildman–Crippen LogP) is 4.55. The third-order valence-corrected chi connectivity index (χ3v) is 6.48. The molecule has 1 aliphatic heterocycles. The summed E-state index contributed by atoms with van der Waals surface area (Å²) in [6.07, 6.45) is 15.9. The van der Waals surface area contributed by atoms with Crippen molar-refractivity contribution in [2.75, 3.05) is 13.1 Å². The van der Waals surface area contributed by atoms with E-state index >= 15 is 0 Å². The van der Waals surface area contributed by atoms with Gasteiger partial charge in [0.05, 0.1) is 6.10 Å². The topological polar surface area (TPSA) is 23.5 Å². The summed E-state index contributed by atoms with van der Waals surface area (Å²) in [6, 6.07) is 0.324. The molecule has 5 atom stereocenters. The number of aliphatic hydroxyl groups excluding tert-OH is 1.